The third-order valence-corrected chi connectivity index (χ3v) is 4.47. The van der Waals surface area contributed by atoms with Gasteiger partial charge in [-0.1, -0.05) is 31.7 Å². The zero-order chi connectivity index (χ0) is 20.2. The molecule has 0 bridgehead atoms. The van der Waals surface area contributed by atoms with Crippen molar-refractivity contribution in [3.05, 3.63) is 59.2 Å². The molecule has 0 fully saturated rings. The molecule has 0 saturated carbocycles. The Hall–Kier alpha value is -2.76. The number of fused-ring (bicyclic) bond motifs is 1. The minimum atomic E-state index is -3.15. The van der Waals surface area contributed by atoms with Crippen molar-refractivity contribution in [3.63, 3.8) is 0 Å². The molecule has 1 heterocycles. The fourth-order valence-electron chi connectivity index (χ4n) is 3.06. The number of hydrogen-bond acceptors (Lipinski definition) is 2. The Labute approximate surface area is 158 Å². The van der Waals surface area contributed by atoms with E-state index in [1.807, 2.05) is 6.92 Å². The van der Waals surface area contributed by atoms with E-state index in [0.29, 0.717) is 18.5 Å². The van der Waals surface area contributed by atoms with E-state index < -0.39 is 23.8 Å². The second-order valence-electron chi connectivity index (χ2n) is 6.42. The van der Waals surface area contributed by atoms with Crippen molar-refractivity contribution in [3.8, 4) is 0 Å². The summed E-state index contributed by atoms with van der Waals surface area (Å²) in [5.74, 6) is -3.82. The number of allylic oxidation sites excluding steroid dienone is 3. The molecule has 0 atom stereocenters. The van der Waals surface area contributed by atoms with Gasteiger partial charge >= 0.3 is 0 Å². The van der Waals surface area contributed by atoms with Crippen LogP contribution in [0, 0.1) is 6.92 Å². The van der Waals surface area contributed by atoms with Gasteiger partial charge in [0.25, 0.3) is 11.8 Å². The Morgan fingerprint density at radius 1 is 1.37 bits per heavy atom. The van der Waals surface area contributed by atoms with Gasteiger partial charge in [0.1, 0.15) is 0 Å². The lowest BCUT2D eigenvalue weighted by atomic mass is 9.97. The molecule has 6 heteroatoms. The van der Waals surface area contributed by atoms with Crippen LogP contribution in [-0.4, -0.2) is 17.7 Å². The van der Waals surface area contributed by atoms with Gasteiger partial charge < -0.3 is 10.6 Å². The second kappa shape index (κ2) is 8.29. The van der Waals surface area contributed by atoms with Crippen molar-refractivity contribution in [2.45, 2.75) is 46.0 Å². The first kappa shape index (κ1) is 20.6. The van der Waals surface area contributed by atoms with Crippen LogP contribution >= 0.6 is 0 Å². The Morgan fingerprint density at radius 3 is 2.67 bits per heavy atom. The lowest BCUT2D eigenvalue weighted by Crippen LogP contribution is -2.24. The number of hydrogen-bond donors (Lipinski definition) is 2. The maximum Gasteiger partial charge on any atom is 0.273 e. The number of amides is 2. The zero-order valence-corrected chi connectivity index (χ0v) is 15.8. The van der Waals surface area contributed by atoms with Crippen molar-refractivity contribution in [1.29, 1.82) is 0 Å². The molecule has 0 spiro atoms. The van der Waals surface area contributed by atoms with Crippen molar-refractivity contribution in [2.75, 3.05) is 10.6 Å². The van der Waals surface area contributed by atoms with E-state index in [9.17, 15) is 18.4 Å². The van der Waals surface area contributed by atoms with Gasteiger partial charge in [-0.15, -0.1) is 0 Å². The maximum absolute atomic E-state index is 14.2. The van der Waals surface area contributed by atoms with E-state index in [0.717, 1.165) is 22.9 Å². The molecule has 1 aliphatic rings. The van der Waals surface area contributed by atoms with Crippen molar-refractivity contribution in [1.82, 2.24) is 0 Å². The molecule has 2 rings (SSSR count). The lowest BCUT2D eigenvalue weighted by Gasteiger charge is -2.21. The van der Waals surface area contributed by atoms with Crippen molar-refractivity contribution >= 4 is 23.2 Å². The van der Waals surface area contributed by atoms with Crippen LogP contribution < -0.4 is 10.6 Å². The van der Waals surface area contributed by atoms with Crippen LogP contribution in [0.25, 0.3) is 0 Å². The minimum Gasteiger partial charge on any atom is -0.326 e. The standard InChI is InChI=1S/C21H24F2N2O2/c1-5-8-16(17(6-2)21(22,23)7-3)20(27)24-15-11-13(4)19-14(12-15)9-10-18(26)25-19/h5-6,8,11-12H,2,7,9-10H2,1,3-4H3,(H,24,27)(H,25,26)/b8-5-,17-16-. The molecular weight excluding hydrogens is 350 g/mol. The average Bonchev–Trinajstić information content (AvgIpc) is 2.62. The number of halogens is 2. The van der Waals surface area contributed by atoms with E-state index in [1.165, 1.54) is 19.1 Å². The number of anilines is 2. The molecule has 0 saturated heterocycles. The predicted molar refractivity (Wildman–Crippen MR) is 104 cm³/mol. The number of benzene rings is 1. The normalized spacial score (nSPS) is 15.1. The van der Waals surface area contributed by atoms with E-state index in [1.54, 1.807) is 19.1 Å². The number of nitrogens with one attached hydrogen (secondary N) is 2. The molecule has 27 heavy (non-hydrogen) atoms. The predicted octanol–water partition coefficient (Wildman–Crippen LogP) is 4.92. The third kappa shape index (κ3) is 4.51. The van der Waals surface area contributed by atoms with Gasteiger partial charge in [0.15, 0.2) is 0 Å². The smallest absolute Gasteiger partial charge is 0.273 e. The number of carbonyl (C=O) groups excluding carboxylic acids is 2. The fourth-order valence-corrected chi connectivity index (χ4v) is 3.06. The molecular formula is C21H24F2N2O2. The van der Waals surface area contributed by atoms with Gasteiger partial charge in [-0.3, -0.25) is 9.59 Å². The highest BCUT2D eigenvalue weighted by Crippen LogP contribution is 2.33. The van der Waals surface area contributed by atoms with Crippen LogP contribution in [-0.2, 0) is 16.0 Å². The number of alkyl halides is 2. The summed E-state index contributed by atoms with van der Waals surface area (Å²) in [6, 6.07) is 3.47. The molecule has 1 aromatic carbocycles. The highest BCUT2D eigenvalue weighted by Gasteiger charge is 2.33. The van der Waals surface area contributed by atoms with Crippen molar-refractivity contribution < 1.29 is 18.4 Å². The molecule has 2 amide bonds. The highest BCUT2D eigenvalue weighted by molar-refractivity contribution is 6.07. The van der Waals surface area contributed by atoms with Crippen LogP contribution in [0.1, 0.15) is 37.8 Å². The SMILES string of the molecule is C=C/C(=C(\C=C/C)C(=O)Nc1cc(C)c2c(c1)CCC(=O)N2)C(F)(F)CC. The molecule has 144 valence electrons. The van der Waals surface area contributed by atoms with Crippen LogP contribution in [0.4, 0.5) is 20.2 Å². The van der Waals surface area contributed by atoms with Crippen LogP contribution in [0.2, 0.25) is 0 Å². The largest absolute Gasteiger partial charge is 0.326 e. The molecule has 0 aromatic heterocycles. The third-order valence-electron chi connectivity index (χ3n) is 4.47. The molecule has 2 N–H and O–H groups in total. The Kier molecular flexibility index (Phi) is 6.31. The molecule has 1 aromatic rings. The summed E-state index contributed by atoms with van der Waals surface area (Å²) in [7, 11) is 0. The zero-order valence-electron chi connectivity index (χ0n) is 15.8. The quantitative estimate of drug-likeness (QED) is 0.548. The number of carbonyl (C=O) groups is 2. The summed E-state index contributed by atoms with van der Waals surface area (Å²) in [6.45, 7) is 8.29. The molecule has 1 aliphatic heterocycles. The lowest BCUT2D eigenvalue weighted by molar-refractivity contribution is -0.116. The first-order valence-electron chi connectivity index (χ1n) is 8.85. The summed E-state index contributed by atoms with van der Waals surface area (Å²) >= 11 is 0. The fraction of sp³-hybridized carbons (Fsp3) is 0.333. The topological polar surface area (TPSA) is 58.2 Å². The van der Waals surface area contributed by atoms with Crippen LogP contribution in [0.5, 0.6) is 0 Å². The van der Waals surface area contributed by atoms with Crippen molar-refractivity contribution in [2.24, 2.45) is 0 Å². The molecule has 0 radical (unpaired) electrons. The summed E-state index contributed by atoms with van der Waals surface area (Å²) in [5.41, 5.74) is 2.43. The number of rotatable bonds is 6. The van der Waals surface area contributed by atoms with Gasteiger partial charge in [0.05, 0.1) is 0 Å². The van der Waals surface area contributed by atoms with Crippen LogP contribution in [0.3, 0.4) is 0 Å². The van der Waals surface area contributed by atoms with E-state index in [4.69, 9.17) is 0 Å². The van der Waals surface area contributed by atoms with Gasteiger partial charge in [-0.25, -0.2) is 8.78 Å². The van der Waals surface area contributed by atoms with Gasteiger partial charge in [0.2, 0.25) is 5.91 Å². The maximum atomic E-state index is 14.2. The first-order chi connectivity index (χ1) is 12.7. The number of aryl methyl sites for hydroxylation is 2. The van der Waals surface area contributed by atoms with Crippen LogP contribution in [0.15, 0.2) is 48.1 Å². The average molecular weight is 374 g/mol. The summed E-state index contributed by atoms with van der Waals surface area (Å²) < 4.78 is 28.5. The Bertz CT molecular complexity index is 839. The van der Waals surface area contributed by atoms with Gasteiger partial charge in [-0.2, -0.15) is 0 Å². The van der Waals surface area contributed by atoms with Gasteiger partial charge in [0, 0.05) is 35.4 Å². The van der Waals surface area contributed by atoms with E-state index >= 15 is 0 Å². The molecule has 0 aliphatic carbocycles. The summed E-state index contributed by atoms with van der Waals surface area (Å²) in [6.07, 6.45) is 4.44. The highest BCUT2D eigenvalue weighted by atomic mass is 19.3. The molecule has 0 unspecified atom stereocenters. The molecule has 4 nitrogen and oxygen atoms in total. The minimum absolute atomic E-state index is 0.0434. The van der Waals surface area contributed by atoms with E-state index in [-0.39, 0.29) is 11.5 Å². The summed E-state index contributed by atoms with van der Waals surface area (Å²) in [4.78, 5) is 24.3. The summed E-state index contributed by atoms with van der Waals surface area (Å²) in [5, 5.41) is 5.52. The monoisotopic (exact) mass is 374 g/mol. The van der Waals surface area contributed by atoms with Gasteiger partial charge in [-0.05, 0) is 43.5 Å². The Balaban J connectivity index is 2.40. The Morgan fingerprint density at radius 2 is 2.07 bits per heavy atom. The second-order valence-corrected chi connectivity index (χ2v) is 6.42. The van der Waals surface area contributed by atoms with E-state index in [2.05, 4.69) is 17.2 Å². The first-order valence-corrected chi connectivity index (χ1v) is 8.85.